The van der Waals surface area contributed by atoms with Gasteiger partial charge in [-0.15, -0.1) is 0 Å². The molecule has 0 amide bonds. The van der Waals surface area contributed by atoms with Crippen molar-refractivity contribution >= 4 is 0 Å². The first-order valence-electron chi connectivity index (χ1n) is 4.33. The molecule has 0 saturated carbocycles. The maximum absolute atomic E-state index is 9.53. The molecule has 0 bridgehead atoms. The average Bonchev–Trinajstić information content (AvgIpc) is 2.07. The van der Waals surface area contributed by atoms with E-state index in [9.17, 15) is 5.11 Å². The maximum Gasteiger partial charge on any atom is 0.0876 e. The highest BCUT2D eigenvalue weighted by atomic mass is 16.5. The van der Waals surface area contributed by atoms with Gasteiger partial charge < -0.3 is 9.84 Å². The molecule has 1 N–H and O–H groups in total. The van der Waals surface area contributed by atoms with E-state index >= 15 is 0 Å². The Balaban J connectivity index is 2.37. The van der Waals surface area contributed by atoms with Crippen LogP contribution in [0.25, 0.3) is 0 Å². The summed E-state index contributed by atoms with van der Waals surface area (Å²) in [5.41, 5.74) is 1.07. The van der Waals surface area contributed by atoms with Crippen LogP contribution in [0, 0.1) is 0 Å². The monoisotopic (exact) mass is 156 g/mol. The third-order valence-electron chi connectivity index (χ3n) is 1.95. The molecule has 0 radical (unpaired) electrons. The normalized spacial score (nSPS) is 20.4. The predicted octanol–water partition coefficient (Wildman–Crippen LogP) is 1.84. The number of ether oxygens (including phenoxy) is 1. The van der Waals surface area contributed by atoms with E-state index in [2.05, 4.69) is 6.92 Å². The Morgan fingerprint density at radius 1 is 1.73 bits per heavy atom. The summed E-state index contributed by atoms with van der Waals surface area (Å²) in [5.74, 6) is 0. The Labute approximate surface area is 67.9 Å². The second-order valence-electron chi connectivity index (χ2n) is 2.97. The highest BCUT2D eigenvalue weighted by molar-refractivity contribution is 5.06. The van der Waals surface area contributed by atoms with Gasteiger partial charge in [0.05, 0.1) is 19.0 Å². The van der Waals surface area contributed by atoms with Crippen LogP contribution in [0.2, 0.25) is 0 Å². The van der Waals surface area contributed by atoms with Crippen molar-refractivity contribution in [2.75, 3.05) is 6.61 Å². The summed E-state index contributed by atoms with van der Waals surface area (Å²) in [7, 11) is 0. The highest BCUT2D eigenvalue weighted by Gasteiger charge is 2.12. The molecule has 1 heterocycles. The van der Waals surface area contributed by atoms with Crippen molar-refractivity contribution in [1.82, 2.24) is 0 Å². The zero-order valence-corrected chi connectivity index (χ0v) is 7.05. The van der Waals surface area contributed by atoms with E-state index in [-0.39, 0.29) is 6.10 Å². The third-order valence-corrected chi connectivity index (χ3v) is 1.95. The van der Waals surface area contributed by atoms with Crippen molar-refractivity contribution in [2.24, 2.45) is 0 Å². The summed E-state index contributed by atoms with van der Waals surface area (Å²) in [4.78, 5) is 0. The molecule has 1 rings (SSSR count). The van der Waals surface area contributed by atoms with Crippen molar-refractivity contribution in [3.05, 3.63) is 11.8 Å². The second-order valence-corrected chi connectivity index (χ2v) is 2.97. The molecule has 1 aliphatic heterocycles. The standard InChI is InChI=1S/C9H16O2/c1-2-4-9(10)8-5-3-6-11-7-8/h7,9-10H,2-6H2,1H3. The Kier molecular flexibility index (Phi) is 3.43. The summed E-state index contributed by atoms with van der Waals surface area (Å²) in [5, 5.41) is 9.53. The fourth-order valence-corrected chi connectivity index (χ4v) is 1.29. The Morgan fingerprint density at radius 2 is 2.55 bits per heavy atom. The topological polar surface area (TPSA) is 29.5 Å². The summed E-state index contributed by atoms with van der Waals surface area (Å²) < 4.78 is 5.13. The van der Waals surface area contributed by atoms with E-state index in [1.165, 1.54) is 0 Å². The molecule has 1 unspecified atom stereocenters. The first-order valence-corrected chi connectivity index (χ1v) is 4.33. The van der Waals surface area contributed by atoms with Crippen molar-refractivity contribution in [2.45, 2.75) is 38.7 Å². The molecule has 0 aliphatic carbocycles. The molecule has 0 saturated heterocycles. The number of aliphatic hydroxyl groups excluding tert-OH is 1. The van der Waals surface area contributed by atoms with Crippen LogP contribution in [0.1, 0.15) is 32.6 Å². The quantitative estimate of drug-likeness (QED) is 0.675. The lowest BCUT2D eigenvalue weighted by molar-refractivity contribution is 0.162. The molecule has 0 aromatic heterocycles. The number of aliphatic hydroxyl groups is 1. The lowest BCUT2D eigenvalue weighted by Crippen LogP contribution is -2.13. The molecule has 0 spiro atoms. The molecule has 1 aliphatic rings. The zero-order chi connectivity index (χ0) is 8.10. The molecule has 1 atom stereocenters. The average molecular weight is 156 g/mol. The van der Waals surface area contributed by atoms with Gasteiger partial charge in [-0.2, -0.15) is 0 Å². The van der Waals surface area contributed by atoms with Crippen LogP contribution in [0.3, 0.4) is 0 Å². The van der Waals surface area contributed by atoms with Gasteiger partial charge in [0, 0.05) is 0 Å². The van der Waals surface area contributed by atoms with Gasteiger partial charge in [-0.1, -0.05) is 13.3 Å². The summed E-state index contributed by atoms with van der Waals surface area (Å²) in [6.07, 6.45) is 5.39. The van der Waals surface area contributed by atoms with Gasteiger partial charge in [-0.3, -0.25) is 0 Å². The van der Waals surface area contributed by atoms with E-state index in [4.69, 9.17) is 4.74 Å². The number of rotatable bonds is 3. The van der Waals surface area contributed by atoms with Crippen LogP contribution >= 0.6 is 0 Å². The van der Waals surface area contributed by atoms with Crippen LogP contribution < -0.4 is 0 Å². The summed E-state index contributed by atoms with van der Waals surface area (Å²) >= 11 is 0. The van der Waals surface area contributed by atoms with Gasteiger partial charge in [0.15, 0.2) is 0 Å². The smallest absolute Gasteiger partial charge is 0.0876 e. The summed E-state index contributed by atoms with van der Waals surface area (Å²) in [6, 6.07) is 0. The SMILES string of the molecule is CCCC(O)C1=COCCC1. The molecule has 2 heteroatoms. The van der Waals surface area contributed by atoms with E-state index < -0.39 is 0 Å². The summed E-state index contributed by atoms with van der Waals surface area (Å²) in [6.45, 7) is 2.88. The first kappa shape index (κ1) is 8.60. The van der Waals surface area contributed by atoms with Crippen LogP contribution in [0.15, 0.2) is 11.8 Å². The van der Waals surface area contributed by atoms with E-state index in [1.807, 2.05) is 0 Å². The van der Waals surface area contributed by atoms with E-state index in [0.29, 0.717) is 0 Å². The third kappa shape index (κ3) is 2.54. The minimum atomic E-state index is -0.264. The number of hydrogen-bond donors (Lipinski definition) is 1. The van der Waals surface area contributed by atoms with Gasteiger partial charge in [-0.05, 0) is 24.8 Å². The van der Waals surface area contributed by atoms with Gasteiger partial charge >= 0.3 is 0 Å². The van der Waals surface area contributed by atoms with Crippen molar-refractivity contribution < 1.29 is 9.84 Å². The van der Waals surface area contributed by atoms with Crippen molar-refractivity contribution in [3.63, 3.8) is 0 Å². The molecule has 0 aromatic rings. The minimum absolute atomic E-state index is 0.264. The van der Waals surface area contributed by atoms with Crippen molar-refractivity contribution in [1.29, 1.82) is 0 Å². The highest BCUT2D eigenvalue weighted by Crippen LogP contribution is 2.18. The molecule has 64 valence electrons. The molecular formula is C9H16O2. The van der Waals surface area contributed by atoms with Crippen LogP contribution in [0.4, 0.5) is 0 Å². The van der Waals surface area contributed by atoms with Gasteiger partial charge in [0.1, 0.15) is 0 Å². The van der Waals surface area contributed by atoms with Gasteiger partial charge in [0.25, 0.3) is 0 Å². The largest absolute Gasteiger partial charge is 0.501 e. The molecular weight excluding hydrogens is 140 g/mol. The van der Waals surface area contributed by atoms with Gasteiger partial charge in [0.2, 0.25) is 0 Å². The van der Waals surface area contributed by atoms with Crippen LogP contribution in [-0.4, -0.2) is 17.8 Å². The lowest BCUT2D eigenvalue weighted by Gasteiger charge is -2.17. The van der Waals surface area contributed by atoms with E-state index in [1.54, 1.807) is 6.26 Å². The van der Waals surface area contributed by atoms with E-state index in [0.717, 1.165) is 37.9 Å². The molecule has 0 aromatic carbocycles. The Bertz CT molecular complexity index is 140. The fraction of sp³-hybridized carbons (Fsp3) is 0.778. The predicted molar refractivity (Wildman–Crippen MR) is 44.2 cm³/mol. The molecule has 11 heavy (non-hydrogen) atoms. The first-order chi connectivity index (χ1) is 5.34. The fourth-order valence-electron chi connectivity index (χ4n) is 1.29. The maximum atomic E-state index is 9.53. The lowest BCUT2D eigenvalue weighted by atomic mass is 10.0. The van der Waals surface area contributed by atoms with Crippen LogP contribution in [0.5, 0.6) is 0 Å². The van der Waals surface area contributed by atoms with Crippen molar-refractivity contribution in [3.8, 4) is 0 Å². The van der Waals surface area contributed by atoms with Crippen LogP contribution in [-0.2, 0) is 4.74 Å². The van der Waals surface area contributed by atoms with Gasteiger partial charge in [-0.25, -0.2) is 0 Å². The molecule has 0 fully saturated rings. The second kappa shape index (κ2) is 4.39. The Morgan fingerprint density at radius 3 is 3.09 bits per heavy atom. The molecule has 2 nitrogen and oxygen atoms in total. The zero-order valence-electron chi connectivity index (χ0n) is 7.05. The Hall–Kier alpha value is -0.500. The minimum Gasteiger partial charge on any atom is -0.501 e. The number of hydrogen-bond acceptors (Lipinski definition) is 2.